The number of aryl methyl sites for hydroxylation is 2. The number of nitrogens with two attached hydrogens (primary N) is 1. The number of hydrogen-bond donors (Lipinski definition) is 3. The zero-order valence-corrected chi connectivity index (χ0v) is 12.0. The number of amides is 1. The van der Waals surface area contributed by atoms with Crippen molar-refractivity contribution in [3.63, 3.8) is 0 Å². The number of nitrogens with one attached hydrogen (secondary N) is 2. The molecule has 0 aliphatic heterocycles. The summed E-state index contributed by atoms with van der Waals surface area (Å²) in [6.07, 6.45) is 1.46. The lowest BCUT2D eigenvalue weighted by molar-refractivity contribution is 0.0996. The maximum Gasteiger partial charge on any atom is 0.291 e. The standard InChI is InChI=1S/C14H15N3O2S/c1-8-6-10(16-14(15)20)7-9(2)12(8)17-13(18)11-4-3-5-19-11/h3-7H,1-2H3,(H,17,18)(H3,15,16,20). The Kier molecular flexibility index (Phi) is 4.05. The van der Waals surface area contributed by atoms with Crippen LogP contribution < -0.4 is 16.4 Å². The van der Waals surface area contributed by atoms with Gasteiger partial charge in [-0.15, -0.1) is 0 Å². The van der Waals surface area contributed by atoms with E-state index in [4.69, 9.17) is 22.4 Å². The maximum atomic E-state index is 12.0. The smallest absolute Gasteiger partial charge is 0.291 e. The lowest BCUT2D eigenvalue weighted by Crippen LogP contribution is -2.19. The molecular weight excluding hydrogens is 274 g/mol. The van der Waals surface area contributed by atoms with Gasteiger partial charge in [0.15, 0.2) is 10.9 Å². The molecule has 0 aliphatic carbocycles. The van der Waals surface area contributed by atoms with Crippen LogP contribution in [0.3, 0.4) is 0 Å². The van der Waals surface area contributed by atoms with Crippen LogP contribution in [0.25, 0.3) is 0 Å². The van der Waals surface area contributed by atoms with Gasteiger partial charge in [0.1, 0.15) is 0 Å². The minimum atomic E-state index is -0.281. The third-order valence-corrected chi connectivity index (χ3v) is 2.89. The predicted octanol–water partition coefficient (Wildman–Crippen LogP) is 2.80. The number of rotatable bonds is 3. The van der Waals surface area contributed by atoms with Gasteiger partial charge in [-0.05, 0) is 61.5 Å². The van der Waals surface area contributed by atoms with Gasteiger partial charge < -0.3 is 20.8 Å². The fraction of sp³-hybridized carbons (Fsp3) is 0.143. The highest BCUT2D eigenvalue weighted by molar-refractivity contribution is 7.80. The molecular formula is C14H15N3O2S. The highest BCUT2D eigenvalue weighted by Gasteiger charge is 2.12. The van der Waals surface area contributed by atoms with Crippen LogP contribution in [0.4, 0.5) is 11.4 Å². The lowest BCUT2D eigenvalue weighted by Gasteiger charge is -2.13. The van der Waals surface area contributed by atoms with Crippen molar-refractivity contribution in [2.45, 2.75) is 13.8 Å². The third kappa shape index (κ3) is 3.16. The average molecular weight is 289 g/mol. The summed E-state index contributed by atoms with van der Waals surface area (Å²) in [6.45, 7) is 3.80. The van der Waals surface area contributed by atoms with Crippen LogP contribution in [-0.2, 0) is 0 Å². The van der Waals surface area contributed by atoms with Crippen LogP contribution >= 0.6 is 12.2 Å². The van der Waals surface area contributed by atoms with Crippen molar-refractivity contribution in [2.24, 2.45) is 5.73 Å². The summed E-state index contributed by atoms with van der Waals surface area (Å²) in [7, 11) is 0. The summed E-state index contributed by atoms with van der Waals surface area (Å²) in [5, 5.41) is 5.91. The molecule has 5 nitrogen and oxygen atoms in total. The van der Waals surface area contributed by atoms with Gasteiger partial charge in [0.05, 0.1) is 6.26 Å². The van der Waals surface area contributed by atoms with Gasteiger partial charge in [0, 0.05) is 11.4 Å². The largest absolute Gasteiger partial charge is 0.459 e. The van der Waals surface area contributed by atoms with Crippen LogP contribution in [0.1, 0.15) is 21.7 Å². The Labute approximate surface area is 122 Å². The normalized spacial score (nSPS) is 10.1. The first-order valence-corrected chi connectivity index (χ1v) is 6.41. The first kappa shape index (κ1) is 14.1. The molecule has 1 aromatic carbocycles. The molecule has 1 aromatic heterocycles. The van der Waals surface area contributed by atoms with E-state index in [-0.39, 0.29) is 16.8 Å². The molecule has 6 heteroatoms. The van der Waals surface area contributed by atoms with E-state index in [0.29, 0.717) is 0 Å². The minimum Gasteiger partial charge on any atom is -0.459 e. The average Bonchev–Trinajstić information content (AvgIpc) is 2.86. The van der Waals surface area contributed by atoms with Crippen LogP contribution in [0.15, 0.2) is 34.9 Å². The summed E-state index contributed by atoms with van der Waals surface area (Å²) >= 11 is 4.81. The van der Waals surface area contributed by atoms with Gasteiger partial charge in [0.25, 0.3) is 5.91 Å². The second-order valence-corrected chi connectivity index (χ2v) is 4.85. The second-order valence-electron chi connectivity index (χ2n) is 4.41. The predicted molar refractivity (Wildman–Crippen MR) is 83.0 cm³/mol. The van der Waals surface area contributed by atoms with Crippen molar-refractivity contribution in [1.82, 2.24) is 0 Å². The van der Waals surface area contributed by atoms with E-state index in [1.165, 1.54) is 6.26 Å². The van der Waals surface area contributed by atoms with Gasteiger partial charge in [-0.25, -0.2) is 0 Å². The Hall–Kier alpha value is -2.34. The van der Waals surface area contributed by atoms with Crippen LogP contribution in [0, 0.1) is 13.8 Å². The van der Waals surface area contributed by atoms with E-state index in [0.717, 1.165) is 22.5 Å². The second kappa shape index (κ2) is 5.75. The van der Waals surface area contributed by atoms with E-state index >= 15 is 0 Å². The Balaban J connectivity index is 2.24. The van der Waals surface area contributed by atoms with Crippen molar-refractivity contribution < 1.29 is 9.21 Å². The highest BCUT2D eigenvalue weighted by atomic mass is 32.1. The third-order valence-electron chi connectivity index (χ3n) is 2.78. The number of furan rings is 1. The van der Waals surface area contributed by atoms with Gasteiger partial charge in [-0.1, -0.05) is 0 Å². The molecule has 1 amide bonds. The van der Waals surface area contributed by atoms with Crippen LogP contribution in [0.2, 0.25) is 0 Å². The molecule has 0 saturated carbocycles. The quantitative estimate of drug-likeness (QED) is 0.757. The van der Waals surface area contributed by atoms with Crippen molar-refractivity contribution >= 4 is 34.6 Å². The molecule has 0 saturated heterocycles. The Bertz CT molecular complexity index is 627. The number of anilines is 2. The highest BCUT2D eigenvalue weighted by Crippen LogP contribution is 2.25. The maximum absolute atomic E-state index is 12.0. The van der Waals surface area contributed by atoms with Crippen molar-refractivity contribution in [3.8, 4) is 0 Å². The summed E-state index contributed by atoms with van der Waals surface area (Å²) in [6, 6.07) is 7.01. The molecule has 0 unspecified atom stereocenters. The van der Waals surface area contributed by atoms with Crippen molar-refractivity contribution in [3.05, 3.63) is 47.4 Å². The molecule has 0 atom stereocenters. The fourth-order valence-corrected chi connectivity index (χ4v) is 2.08. The van der Waals surface area contributed by atoms with E-state index in [2.05, 4.69) is 10.6 Å². The Morgan fingerprint density at radius 2 is 1.90 bits per heavy atom. The number of benzene rings is 1. The van der Waals surface area contributed by atoms with Gasteiger partial charge in [-0.2, -0.15) is 0 Å². The molecule has 0 bridgehead atoms. The molecule has 0 fully saturated rings. The number of carbonyl (C=O) groups excluding carboxylic acids is 1. The van der Waals surface area contributed by atoms with E-state index < -0.39 is 0 Å². The molecule has 4 N–H and O–H groups in total. The molecule has 104 valence electrons. The Morgan fingerprint density at radius 1 is 1.25 bits per heavy atom. The van der Waals surface area contributed by atoms with Crippen molar-refractivity contribution in [2.75, 3.05) is 10.6 Å². The topological polar surface area (TPSA) is 80.3 Å². The number of hydrogen-bond acceptors (Lipinski definition) is 3. The zero-order valence-electron chi connectivity index (χ0n) is 11.2. The first-order chi connectivity index (χ1) is 9.47. The SMILES string of the molecule is Cc1cc(NC(N)=S)cc(C)c1NC(=O)c1ccco1. The molecule has 20 heavy (non-hydrogen) atoms. The number of carbonyl (C=O) groups is 1. The fourth-order valence-electron chi connectivity index (χ4n) is 1.96. The van der Waals surface area contributed by atoms with Crippen LogP contribution in [-0.4, -0.2) is 11.0 Å². The van der Waals surface area contributed by atoms with E-state index in [9.17, 15) is 4.79 Å². The van der Waals surface area contributed by atoms with E-state index in [1.54, 1.807) is 12.1 Å². The molecule has 2 rings (SSSR count). The Morgan fingerprint density at radius 3 is 2.40 bits per heavy atom. The molecule has 0 spiro atoms. The minimum absolute atomic E-state index is 0.205. The summed E-state index contributed by atoms with van der Waals surface area (Å²) in [5.74, 6) is -0.00890. The molecule has 0 radical (unpaired) electrons. The summed E-state index contributed by atoms with van der Waals surface area (Å²) in [4.78, 5) is 12.0. The van der Waals surface area contributed by atoms with Gasteiger partial charge in [0.2, 0.25) is 0 Å². The van der Waals surface area contributed by atoms with Crippen molar-refractivity contribution in [1.29, 1.82) is 0 Å². The monoisotopic (exact) mass is 289 g/mol. The van der Waals surface area contributed by atoms with Crippen LogP contribution in [0.5, 0.6) is 0 Å². The van der Waals surface area contributed by atoms with Gasteiger partial charge >= 0.3 is 0 Å². The van der Waals surface area contributed by atoms with E-state index in [1.807, 2.05) is 26.0 Å². The molecule has 1 heterocycles. The summed E-state index contributed by atoms with van der Waals surface area (Å²) < 4.78 is 5.07. The summed E-state index contributed by atoms with van der Waals surface area (Å²) in [5.41, 5.74) is 8.80. The number of thiocarbonyl (C=S) groups is 1. The zero-order chi connectivity index (χ0) is 14.7. The molecule has 2 aromatic rings. The lowest BCUT2D eigenvalue weighted by atomic mass is 10.1. The molecule has 0 aliphatic rings. The van der Waals surface area contributed by atoms with Gasteiger partial charge in [-0.3, -0.25) is 4.79 Å². The first-order valence-electron chi connectivity index (χ1n) is 6.00.